The summed E-state index contributed by atoms with van der Waals surface area (Å²) in [7, 11) is 0. The van der Waals surface area contributed by atoms with Crippen molar-refractivity contribution in [2.45, 2.75) is 60.0 Å². The summed E-state index contributed by atoms with van der Waals surface area (Å²) < 4.78 is 8.43. The van der Waals surface area contributed by atoms with E-state index >= 15 is 0 Å². The molecular weight excluding hydrogens is 368 g/mol. The van der Waals surface area contributed by atoms with E-state index in [-0.39, 0.29) is 23.1 Å². The van der Waals surface area contributed by atoms with Crippen molar-refractivity contribution in [1.29, 1.82) is 0 Å². The summed E-state index contributed by atoms with van der Waals surface area (Å²) in [5, 5.41) is 0. The Kier molecular flexibility index (Phi) is 8.24. The van der Waals surface area contributed by atoms with Crippen molar-refractivity contribution < 1.29 is 4.74 Å². The second-order valence-electron chi connectivity index (χ2n) is 7.10. The van der Waals surface area contributed by atoms with Gasteiger partial charge in [0.15, 0.2) is 11.6 Å². The first-order valence-corrected chi connectivity index (χ1v) is 10.3. The van der Waals surface area contributed by atoms with Crippen LogP contribution in [0.25, 0.3) is 0 Å². The fourth-order valence-electron chi connectivity index (χ4n) is 3.26. The second kappa shape index (κ2) is 10.6. The molecule has 0 bridgehead atoms. The number of anilines is 1. The second-order valence-corrected chi connectivity index (χ2v) is 7.10. The third kappa shape index (κ3) is 5.37. The zero-order valence-electron chi connectivity index (χ0n) is 17.9. The Morgan fingerprint density at radius 1 is 1.07 bits per heavy atom. The van der Waals surface area contributed by atoms with Crippen LogP contribution >= 0.6 is 0 Å². The number of aliphatic imine (C=N–C) groups is 1. The molecule has 0 saturated heterocycles. The molecule has 0 aliphatic carbocycles. The quantitative estimate of drug-likeness (QED) is 0.516. The number of nitrogens with zero attached hydrogens (tertiary/aromatic N) is 3. The van der Waals surface area contributed by atoms with Gasteiger partial charge in [0.1, 0.15) is 5.82 Å². The molecule has 0 aliphatic rings. The minimum absolute atomic E-state index is 0.0534. The van der Waals surface area contributed by atoms with Gasteiger partial charge in [0.25, 0.3) is 5.56 Å². The van der Waals surface area contributed by atoms with Gasteiger partial charge in [-0.25, -0.2) is 9.79 Å². The van der Waals surface area contributed by atoms with E-state index in [0.717, 1.165) is 18.4 Å². The lowest BCUT2D eigenvalue weighted by molar-refractivity contribution is 0.302. The largest absolute Gasteiger partial charge is 0.481 e. The lowest BCUT2D eigenvalue weighted by Gasteiger charge is -2.18. The molecule has 2 aromatic rings. The summed E-state index contributed by atoms with van der Waals surface area (Å²) in [6.45, 7) is 8.94. The highest BCUT2D eigenvalue weighted by atomic mass is 16.5. The van der Waals surface area contributed by atoms with Gasteiger partial charge in [-0.2, -0.15) is 0 Å². The van der Waals surface area contributed by atoms with E-state index in [9.17, 15) is 9.59 Å². The number of hydrogen-bond acceptors (Lipinski definition) is 5. The van der Waals surface area contributed by atoms with E-state index in [4.69, 9.17) is 10.5 Å². The Morgan fingerprint density at radius 2 is 1.69 bits per heavy atom. The Hall–Kier alpha value is -2.83. The Balaban J connectivity index is 2.57. The molecular formula is C22H32N4O3. The van der Waals surface area contributed by atoms with Gasteiger partial charge < -0.3 is 10.5 Å². The van der Waals surface area contributed by atoms with E-state index in [1.807, 2.05) is 58.0 Å². The third-order valence-corrected chi connectivity index (χ3v) is 4.66. The van der Waals surface area contributed by atoms with E-state index in [1.165, 1.54) is 9.13 Å². The molecule has 2 N–H and O–H groups in total. The van der Waals surface area contributed by atoms with E-state index in [0.29, 0.717) is 32.0 Å². The molecule has 0 saturated carbocycles. The molecule has 0 amide bonds. The Labute approximate surface area is 171 Å². The molecule has 1 aromatic heterocycles. The molecule has 158 valence electrons. The minimum Gasteiger partial charge on any atom is -0.481 e. The van der Waals surface area contributed by atoms with Crippen molar-refractivity contribution in [1.82, 2.24) is 9.13 Å². The molecule has 1 aromatic carbocycles. The smallest absolute Gasteiger partial charge is 0.332 e. The number of nitrogen functional groups attached to an aromatic ring is 1. The standard InChI is InChI=1S/C22H32N4O3/c1-5-13-25-19(23)18(21(27)26(14-6-2)22(25)28)24-20(29-7-3)16(4)15-17-11-9-8-10-12-17/h8-12,16H,5-7,13-15,23H2,1-4H3/t16-/m1/s1. The topological polar surface area (TPSA) is 91.6 Å². The summed E-state index contributed by atoms with van der Waals surface area (Å²) >= 11 is 0. The molecule has 0 fully saturated rings. The van der Waals surface area contributed by atoms with E-state index < -0.39 is 5.56 Å². The highest BCUT2D eigenvalue weighted by Gasteiger charge is 2.20. The van der Waals surface area contributed by atoms with Crippen molar-refractivity contribution in [2.75, 3.05) is 12.3 Å². The SMILES string of the molecule is CCCn1c(N)c(N=C(OCC)[C@H](C)Cc2ccccc2)c(=O)n(CCC)c1=O. The van der Waals surface area contributed by atoms with E-state index in [2.05, 4.69) is 4.99 Å². The predicted octanol–water partition coefficient (Wildman–Crippen LogP) is 3.36. The van der Waals surface area contributed by atoms with E-state index in [1.54, 1.807) is 0 Å². The summed E-state index contributed by atoms with van der Waals surface area (Å²) in [6.07, 6.45) is 2.11. The third-order valence-electron chi connectivity index (χ3n) is 4.66. The van der Waals surface area contributed by atoms with Gasteiger partial charge >= 0.3 is 5.69 Å². The average Bonchev–Trinajstić information content (AvgIpc) is 2.71. The molecule has 0 radical (unpaired) electrons. The van der Waals surface area contributed by atoms with Crippen LogP contribution in [0, 0.1) is 5.92 Å². The molecule has 0 aliphatic heterocycles. The zero-order chi connectivity index (χ0) is 21.4. The fourth-order valence-corrected chi connectivity index (χ4v) is 3.26. The summed E-state index contributed by atoms with van der Waals surface area (Å²) in [5.41, 5.74) is 6.60. The summed E-state index contributed by atoms with van der Waals surface area (Å²) in [6, 6.07) is 10.0. The fraction of sp³-hybridized carbons (Fsp3) is 0.500. The van der Waals surface area contributed by atoms with Crippen LogP contribution in [-0.2, 0) is 24.2 Å². The van der Waals surface area contributed by atoms with Crippen LogP contribution in [0.2, 0.25) is 0 Å². The molecule has 2 rings (SSSR count). The molecule has 1 atom stereocenters. The lowest BCUT2D eigenvalue weighted by Crippen LogP contribution is -2.41. The van der Waals surface area contributed by atoms with Gasteiger partial charge in [-0.3, -0.25) is 13.9 Å². The van der Waals surface area contributed by atoms with Crippen LogP contribution in [0.1, 0.15) is 46.1 Å². The zero-order valence-corrected chi connectivity index (χ0v) is 17.9. The van der Waals surface area contributed by atoms with Gasteiger partial charge in [0.05, 0.1) is 6.61 Å². The highest BCUT2D eigenvalue weighted by Crippen LogP contribution is 2.19. The maximum atomic E-state index is 13.0. The van der Waals surface area contributed by atoms with Crippen LogP contribution < -0.4 is 17.0 Å². The predicted molar refractivity (Wildman–Crippen MR) is 118 cm³/mol. The number of rotatable bonds is 9. The van der Waals surface area contributed by atoms with Gasteiger partial charge in [-0.05, 0) is 31.7 Å². The average molecular weight is 401 g/mol. The van der Waals surface area contributed by atoms with Crippen molar-refractivity contribution in [3.8, 4) is 0 Å². The monoisotopic (exact) mass is 400 g/mol. The number of aromatic nitrogens is 2. The number of ether oxygens (including phenoxy) is 1. The Bertz CT molecular complexity index is 945. The first-order chi connectivity index (χ1) is 13.9. The number of hydrogen-bond donors (Lipinski definition) is 1. The first kappa shape index (κ1) is 22.5. The minimum atomic E-state index is -0.467. The molecule has 0 unspecified atom stereocenters. The first-order valence-electron chi connectivity index (χ1n) is 10.3. The van der Waals surface area contributed by atoms with Crippen molar-refractivity contribution in [3.05, 3.63) is 56.7 Å². The van der Waals surface area contributed by atoms with Gasteiger partial charge in [0, 0.05) is 19.0 Å². The van der Waals surface area contributed by atoms with Gasteiger partial charge in [-0.1, -0.05) is 51.1 Å². The molecule has 7 nitrogen and oxygen atoms in total. The van der Waals surface area contributed by atoms with Crippen LogP contribution in [0.3, 0.4) is 0 Å². The maximum Gasteiger partial charge on any atom is 0.332 e. The highest BCUT2D eigenvalue weighted by molar-refractivity contribution is 5.83. The lowest BCUT2D eigenvalue weighted by atomic mass is 10.0. The molecule has 29 heavy (non-hydrogen) atoms. The maximum absolute atomic E-state index is 13.0. The van der Waals surface area contributed by atoms with Crippen LogP contribution in [0.4, 0.5) is 11.5 Å². The normalized spacial score (nSPS) is 12.8. The number of nitrogens with two attached hydrogens (primary N) is 1. The van der Waals surface area contributed by atoms with Crippen LogP contribution in [0.15, 0.2) is 44.9 Å². The van der Waals surface area contributed by atoms with Crippen LogP contribution in [0.5, 0.6) is 0 Å². The van der Waals surface area contributed by atoms with Crippen LogP contribution in [-0.4, -0.2) is 21.6 Å². The van der Waals surface area contributed by atoms with Gasteiger partial charge in [0.2, 0.25) is 0 Å². The number of benzene rings is 1. The van der Waals surface area contributed by atoms with Crippen molar-refractivity contribution >= 4 is 17.4 Å². The molecule has 1 heterocycles. The van der Waals surface area contributed by atoms with Gasteiger partial charge in [-0.15, -0.1) is 0 Å². The van der Waals surface area contributed by atoms with Crippen molar-refractivity contribution in [3.63, 3.8) is 0 Å². The summed E-state index contributed by atoms with van der Waals surface area (Å²) in [4.78, 5) is 30.2. The Morgan fingerprint density at radius 3 is 2.28 bits per heavy atom. The summed E-state index contributed by atoms with van der Waals surface area (Å²) in [5.74, 6) is 0.491. The molecule has 7 heteroatoms. The van der Waals surface area contributed by atoms with Crippen molar-refractivity contribution in [2.24, 2.45) is 10.9 Å². The molecule has 0 spiro atoms.